The van der Waals surface area contributed by atoms with Gasteiger partial charge in [0.15, 0.2) is 0 Å². The lowest BCUT2D eigenvalue weighted by Crippen LogP contribution is -2.35. The van der Waals surface area contributed by atoms with Crippen LogP contribution in [0.4, 0.5) is 0 Å². The van der Waals surface area contributed by atoms with Crippen LogP contribution in [0.15, 0.2) is 40.3 Å². The molecule has 30 heavy (non-hydrogen) atoms. The minimum atomic E-state index is -0.762. The number of Topliss-reactive ketones (excluding diaryl/α,β-unsaturated/α-hetero) is 1. The van der Waals surface area contributed by atoms with Gasteiger partial charge in [0.2, 0.25) is 0 Å². The van der Waals surface area contributed by atoms with Crippen molar-refractivity contribution in [2.75, 3.05) is 27.2 Å². The SMILES string of the molecule is Cc1ccc([C@H]2/C(=C(\O)c3ccc4c(c3)C[C@H](C)O4)C(=O)C(=O)N2CCN(C)C)o1. The van der Waals surface area contributed by atoms with Gasteiger partial charge < -0.3 is 24.1 Å². The number of fused-ring (bicyclic) bond motifs is 1. The number of likely N-dealkylation sites (tertiary alicyclic amines) is 1. The molecule has 1 amide bonds. The maximum atomic E-state index is 13.0. The highest BCUT2D eigenvalue weighted by molar-refractivity contribution is 6.46. The molecule has 0 aliphatic carbocycles. The number of carbonyl (C=O) groups excluding carboxylic acids is 2. The molecule has 3 heterocycles. The Hall–Kier alpha value is -3.06. The van der Waals surface area contributed by atoms with E-state index in [1.165, 1.54) is 4.90 Å². The van der Waals surface area contributed by atoms with E-state index in [-0.39, 0.29) is 17.4 Å². The molecular weight excluding hydrogens is 384 g/mol. The summed E-state index contributed by atoms with van der Waals surface area (Å²) in [6.07, 6.45) is 0.800. The van der Waals surface area contributed by atoms with E-state index in [0.717, 1.165) is 17.7 Å². The molecule has 1 aromatic carbocycles. The Morgan fingerprint density at radius 2 is 2.00 bits per heavy atom. The number of likely N-dealkylation sites (N-methyl/N-ethyl adjacent to an activating group) is 1. The van der Waals surface area contributed by atoms with Crippen molar-refractivity contribution in [1.29, 1.82) is 0 Å². The van der Waals surface area contributed by atoms with Crippen molar-refractivity contribution in [3.63, 3.8) is 0 Å². The molecule has 2 aliphatic heterocycles. The summed E-state index contributed by atoms with van der Waals surface area (Å²) in [5.74, 6) is 0.397. The summed E-state index contributed by atoms with van der Waals surface area (Å²) >= 11 is 0. The Balaban J connectivity index is 1.80. The van der Waals surface area contributed by atoms with E-state index in [0.29, 0.717) is 30.2 Å². The van der Waals surface area contributed by atoms with Crippen molar-refractivity contribution in [1.82, 2.24) is 9.80 Å². The molecule has 7 heteroatoms. The van der Waals surface area contributed by atoms with Crippen molar-refractivity contribution < 1.29 is 23.8 Å². The van der Waals surface area contributed by atoms with Crippen LogP contribution in [0.3, 0.4) is 0 Å². The zero-order valence-electron chi connectivity index (χ0n) is 17.6. The van der Waals surface area contributed by atoms with Gasteiger partial charge in [0.25, 0.3) is 11.7 Å². The van der Waals surface area contributed by atoms with E-state index in [9.17, 15) is 14.7 Å². The number of aliphatic hydroxyl groups is 1. The summed E-state index contributed by atoms with van der Waals surface area (Å²) in [6, 6.07) is 8.11. The van der Waals surface area contributed by atoms with Gasteiger partial charge in [-0.15, -0.1) is 0 Å². The van der Waals surface area contributed by atoms with E-state index in [1.807, 2.05) is 32.0 Å². The number of ether oxygens (including phenoxy) is 1. The average molecular weight is 410 g/mol. The Morgan fingerprint density at radius 1 is 1.23 bits per heavy atom. The molecule has 1 fully saturated rings. The van der Waals surface area contributed by atoms with Crippen molar-refractivity contribution in [2.45, 2.75) is 32.4 Å². The fraction of sp³-hybridized carbons (Fsp3) is 0.391. The molecule has 0 unspecified atom stereocenters. The van der Waals surface area contributed by atoms with Gasteiger partial charge in [-0.1, -0.05) is 0 Å². The molecule has 1 N–H and O–H groups in total. The van der Waals surface area contributed by atoms with Crippen LogP contribution in [0.5, 0.6) is 5.75 Å². The van der Waals surface area contributed by atoms with Crippen molar-refractivity contribution in [3.8, 4) is 5.75 Å². The molecule has 2 atom stereocenters. The fourth-order valence-electron chi connectivity index (χ4n) is 4.04. The number of hydrogen-bond acceptors (Lipinski definition) is 6. The molecule has 158 valence electrons. The van der Waals surface area contributed by atoms with Gasteiger partial charge in [0.1, 0.15) is 35.2 Å². The topological polar surface area (TPSA) is 83.2 Å². The molecule has 4 rings (SSSR count). The number of rotatable bonds is 5. The zero-order valence-corrected chi connectivity index (χ0v) is 17.6. The van der Waals surface area contributed by atoms with Gasteiger partial charge in [-0.2, -0.15) is 0 Å². The highest BCUT2D eigenvalue weighted by atomic mass is 16.5. The van der Waals surface area contributed by atoms with Gasteiger partial charge in [0.05, 0.1) is 5.57 Å². The third-order valence-electron chi connectivity index (χ3n) is 5.53. The lowest BCUT2D eigenvalue weighted by Gasteiger charge is -2.24. The van der Waals surface area contributed by atoms with Crippen LogP contribution in [0, 0.1) is 6.92 Å². The van der Waals surface area contributed by atoms with Gasteiger partial charge >= 0.3 is 0 Å². The second kappa shape index (κ2) is 7.65. The number of amides is 1. The second-order valence-corrected chi connectivity index (χ2v) is 8.20. The van der Waals surface area contributed by atoms with Crippen LogP contribution in [0.1, 0.15) is 35.6 Å². The molecular formula is C23H26N2O5. The molecule has 0 spiro atoms. The summed E-state index contributed by atoms with van der Waals surface area (Å²) in [5.41, 5.74) is 1.52. The van der Waals surface area contributed by atoms with Crippen molar-refractivity contribution in [3.05, 3.63) is 58.6 Å². The maximum Gasteiger partial charge on any atom is 0.295 e. The minimum absolute atomic E-state index is 0.0556. The normalized spacial score (nSPS) is 22.6. The zero-order chi connectivity index (χ0) is 21.6. The van der Waals surface area contributed by atoms with Crippen LogP contribution in [0.25, 0.3) is 5.76 Å². The molecule has 2 aromatic rings. The van der Waals surface area contributed by atoms with Crippen molar-refractivity contribution >= 4 is 17.4 Å². The number of aryl methyl sites for hydroxylation is 1. The predicted molar refractivity (Wildman–Crippen MR) is 111 cm³/mol. The molecule has 7 nitrogen and oxygen atoms in total. The van der Waals surface area contributed by atoms with E-state index in [2.05, 4.69) is 0 Å². The quantitative estimate of drug-likeness (QED) is 0.464. The third kappa shape index (κ3) is 3.50. The predicted octanol–water partition coefficient (Wildman–Crippen LogP) is 2.89. The van der Waals surface area contributed by atoms with E-state index >= 15 is 0 Å². The number of furan rings is 1. The highest BCUT2D eigenvalue weighted by Crippen LogP contribution is 2.40. The monoisotopic (exact) mass is 410 g/mol. The fourth-order valence-corrected chi connectivity index (χ4v) is 4.04. The lowest BCUT2D eigenvalue weighted by atomic mass is 9.97. The summed E-state index contributed by atoms with van der Waals surface area (Å²) in [4.78, 5) is 29.2. The standard InChI is InChI=1S/C23H26N2O5/c1-13-5-7-18(29-13)20-19(22(27)23(28)25(20)10-9-24(3)4)21(26)15-6-8-17-16(12-15)11-14(2)30-17/h5-8,12,14,20,26H,9-11H2,1-4H3/b21-19+/t14-,20-/m0/s1. The van der Waals surface area contributed by atoms with Gasteiger partial charge in [0, 0.05) is 25.1 Å². The number of benzene rings is 1. The Bertz CT molecular complexity index is 1040. The number of hydrogen-bond donors (Lipinski definition) is 1. The molecule has 0 radical (unpaired) electrons. The third-order valence-corrected chi connectivity index (χ3v) is 5.53. The first-order valence-electron chi connectivity index (χ1n) is 10.1. The lowest BCUT2D eigenvalue weighted by molar-refractivity contribution is -0.140. The Morgan fingerprint density at radius 3 is 2.67 bits per heavy atom. The number of nitrogens with zero attached hydrogens (tertiary/aromatic N) is 2. The number of carbonyl (C=O) groups is 2. The number of aliphatic hydroxyl groups excluding tert-OH is 1. The van der Waals surface area contributed by atoms with E-state index in [4.69, 9.17) is 9.15 Å². The smallest absolute Gasteiger partial charge is 0.295 e. The van der Waals surface area contributed by atoms with E-state index < -0.39 is 17.7 Å². The number of ketones is 1. The highest BCUT2D eigenvalue weighted by Gasteiger charge is 2.47. The summed E-state index contributed by atoms with van der Waals surface area (Å²) in [7, 11) is 3.80. The van der Waals surface area contributed by atoms with Gasteiger partial charge in [-0.05, 0) is 63.8 Å². The minimum Gasteiger partial charge on any atom is -0.507 e. The average Bonchev–Trinajstić information content (AvgIpc) is 3.35. The summed E-state index contributed by atoms with van der Waals surface area (Å²) < 4.78 is 11.5. The molecule has 0 saturated carbocycles. The van der Waals surface area contributed by atoms with Crippen LogP contribution in [-0.4, -0.2) is 59.9 Å². The molecule has 1 aromatic heterocycles. The second-order valence-electron chi connectivity index (χ2n) is 8.20. The summed E-state index contributed by atoms with van der Waals surface area (Å²) in [5, 5.41) is 11.1. The van der Waals surface area contributed by atoms with Gasteiger partial charge in [-0.3, -0.25) is 9.59 Å². The van der Waals surface area contributed by atoms with Crippen LogP contribution < -0.4 is 4.74 Å². The molecule has 0 bridgehead atoms. The summed E-state index contributed by atoms with van der Waals surface area (Å²) in [6.45, 7) is 4.71. The van der Waals surface area contributed by atoms with Crippen LogP contribution >= 0.6 is 0 Å². The maximum absolute atomic E-state index is 13.0. The first kappa shape index (κ1) is 20.2. The Labute approximate surface area is 175 Å². The van der Waals surface area contributed by atoms with Crippen LogP contribution in [-0.2, 0) is 16.0 Å². The van der Waals surface area contributed by atoms with Gasteiger partial charge in [-0.25, -0.2) is 0 Å². The first-order chi connectivity index (χ1) is 14.3. The van der Waals surface area contributed by atoms with Crippen molar-refractivity contribution in [2.24, 2.45) is 0 Å². The Kier molecular flexibility index (Phi) is 5.15. The molecule has 1 saturated heterocycles. The van der Waals surface area contributed by atoms with Crippen LogP contribution in [0.2, 0.25) is 0 Å². The van der Waals surface area contributed by atoms with E-state index in [1.54, 1.807) is 31.2 Å². The molecule has 2 aliphatic rings. The first-order valence-corrected chi connectivity index (χ1v) is 10.1. The largest absolute Gasteiger partial charge is 0.507 e.